The van der Waals surface area contributed by atoms with Gasteiger partial charge in [0.15, 0.2) is 0 Å². The zero-order chi connectivity index (χ0) is 17.4. The normalized spacial score (nSPS) is 11.5. The molecule has 0 radical (unpaired) electrons. The molecule has 3 heteroatoms. The van der Waals surface area contributed by atoms with Crippen LogP contribution in [-0.2, 0) is 12.3 Å². The Bertz CT molecular complexity index is 633. The fraction of sp³-hybridized carbons (Fsp3) is 0.381. The van der Waals surface area contributed by atoms with Crippen LogP contribution in [0.15, 0.2) is 54.6 Å². The molecule has 24 heavy (non-hydrogen) atoms. The van der Waals surface area contributed by atoms with Gasteiger partial charge in [-0.3, -0.25) is 0 Å². The minimum atomic E-state index is 0.933. The number of benzene rings is 2. The number of thiocarbonyl (C=S) groups is 1. The predicted molar refractivity (Wildman–Crippen MR) is 111 cm³/mol. The minimum Gasteiger partial charge on any atom is -0.325 e. The van der Waals surface area contributed by atoms with Crippen molar-refractivity contribution in [2.75, 3.05) is 20.6 Å². The highest BCUT2D eigenvalue weighted by Gasteiger charge is 2.14. The van der Waals surface area contributed by atoms with Gasteiger partial charge in [0.2, 0.25) is 0 Å². The zero-order valence-electron chi connectivity index (χ0n) is 15.0. The summed E-state index contributed by atoms with van der Waals surface area (Å²) in [6.45, 7) is 4.58. The molecular weight excluding hydrogens is 330 g/mol. The average Bonchev–Trinajstić information content (AvgIpc) is 2.59. The van der Waals surface area contributed by atoms with Crippen molar-refractivity contribution in [3.63, 3.8) is 0 Å². The van der Waals surface area contributed by atoms with E-state index in [-0.39, 0.29) is 0 Å². The van der Waals surface area contributed by atoms with E-state index in [0.29, 0.717) is 0 Å². The fourth-order valence-corrected chi connectivity index (χ4v) is 3.81. The highest BCUT2D eigenvalue weighted by molar-refractivity contribution is 8.23. The number of nitrogens with zero attached hydrogens (tertiary/aromatic N) is 1. The molecule has 0 saturated carbocycles. The van der Waals surface area contributed by atoms with Gasteiger partial charge in [0.1, 0.15) is 6.54 Å². The van der Waals surface area contributed by atoms with E-state index in [4.69, 9.17) is 12.2 Å². The van der Waals surface area contributed by atoms with Crippen LogP contribution in [0.4, 0.5) is 0 Å². The molecule has 0 fully saturated rings. The highest BCUT2D eigenvalue weighted by atomic mass is 32.2. The molecule has 0 bridgehead atoms. The highest BCUT2D eigenvalue weighted by Crippen LogP contribution is 2.20. The number of rotatable bonds is 8. The van der Waals surface area contributed by atoms with E-state index < -0.39 is 0 Å². The van der Waals surface area contributed by atoms with Crippen LogP contribution in [-0.4, -0.2) is 29.3 Å². The molecular formula is C21H28NS2+. The second-order valence-corrected chi connectivity index (χ2v) is 8.58. The van der Waals surface area contributed by atoms with Crippen molar-refractivity contribution < 1.29 is 4.48 Å². The first-order valence-corrected chi connectivity index (χ1v) is 10.0. The average molecular weight is 359 g/mol. The van der Waals surface area contributed by atoms with Crippen molar-refractivity contribution in [3.05, 3.63) is 71.3 Å². The molecule has 1 nitrogen and oxygen atoms in total. The van der Waals surface area contributed by atoms with Gasteiger partial charge < -0.3 is 4.48 Å². The van der Waals surface area contributed by atoms with Crippen LogP contribution in [0.2, 0.25) is 0 Å². The van der Waals surface area contributed by atoms with Crippen molar-refractivity contribution >= 4 is 28.2 Å². The van der Waals surface area contributed by atoms with E-state index in [1.54, 1.807) is 11.8 Å². The summed E-state index contributed by atoms with van der Waals surface area (Å²) in [5.41, 5.74) is 3.89. The number of unbranched alkanes of at least 4 members (excludes halogenated alkanes) is 1. The lowest BCUT2D eigenvalue weighted by molar-refractivity contribution is -0.903. The molecule has 0 N–H and O–H groups in total. The molecule has 0 aromatic heterocycles. The molecule has 0 aliphatic rings. The molecule has 0 spiro atoms. The number of hydrogen-bond donors (Lipinski definition) is 0. The topological polar surface area (TPSA) is 0 Å². The first kappa shape index (κ1) is 19.2. The van der Waals surface area contributed by atoms with Crippen LogP contribution in [0.25, 0.3) is 0 Å². The third-order valence-electron chi connectivity index (χ3n) is 4.13. The van der Waals surface area contributed by atoms with Crippen LogP contribution in [0.1, 0.15) is 36.5 Å². The van der Waals surface area contributed by atoms with E-state index in [1.807, 2.05) is 18.2 Å². The second-order valence-electron chi connectivity index (χ2n) is 6.93. The van der Waals surface area contributed by atoms with Gasteiger partial charge in [0, 0.05) is 11.3 Å². The predicted octanol–water partition coefficient (Wildman–Crippen LogP) is 5.67. The van der Waals surface area contributed by atoms with Gasteiger partial charge in [-0.25, -0.2) is 0 Å². The summed E-state index contributed by atoms with van der Waals surface area (Å²) >= 11 is 7.26. The van der Waals surface area contributed by atoms with Gasteiger partial charge in [0.05, 0.1) is 24.8 Å². The molecule has 0 saturated heterocycles. The Labute approximate surface area is 156 Å². The number of thioether (sulfide) groups is 1. The lowest BCUT2D eigenvalue weighted by Gasteiger charge is -2.29. The van der Waals surface area contributed by atoms with Crippen molar-refractivity contribution in [1.82, 2.24) is 0 Å². The maximum Gasteiger partial charge on any atom is 0.104 e. The van der Waals surface area contributed by atoms with Gasteiger partial charge >= 0.3 is 0 Å². The monoisotopic (exact) mass is 358 g/mol. The smallest absolute Gasteiger partial charge is 0.104 e. The molecule has 2 aromatic rings. The van der Waals surface area contributed by atoms with Crippen LogP contribution in [0, 0.1) is 0 Å². The molecule has 0 atom stereocenters. The van der Waals surface area contributed by atoms with Crippen LogP contribution in [0.3, 0.4) is 0 Å². The first-order valence-electron chi connectivity index (χ1n) is 8.62. The molecule has 2 aromatic carbocycles. The quantitative estimate of drug-likeness (QED) is 0.440. The largest absolute Gasteiger partial charge is 0.325 e. The third-order valence-corrected chi connectivity index (χ3v) is 5.69. The maximum absolute atomic E-state index is 5.52. The van der Waals surface area contributed by atoms with Crippen molar-refractivity contribution in [1.29, 1.82) is 0 Å². The Morgan fingerprint density at radius 2 is 1.58 bits per heavy atom. The van der Waals surface area contributed by atoms with Gasteiger partial charge in [-0.1, -0.05) is 80.2 Å². The molecule has 2 rings (SSSR count). The Balaban J connectivity index is 1.87. The Morgan fingerprint density at radius 1 is 0.958 bits per heavy atom. The summed E-state index contributed by atoms with van der Waals surface area (Å²) in [7, 11) is 4.63. The fourth-order valence-electron chi connectivity index (χ4n) is 2.71. The molecule has 128 valence electrons. The molecule has 0 unspecified atom stereocenters. The molecule has 0 aliphatic carbocycles. The zero-order valence-corrected chi connectivity index (χ0v) is 16.6. The van der Waals surface area contributed by atoms with Gasteiger partial charge in [-0.15, -0.1) is 11.8 Å². The number of hydrogen-bond acceptors (Lipinski definition) is 2. The Hall–Kier alpha value is -1.16. The lowest BCUT2D eigenvalue weighted by atomic mass is 10.1. The Kier molecular flexibility index (Phi) is 7.47. The molecule has 0 heterocycles. The van der Waals surface area contributed by atoms with Crippen LogP contribution >= 0.6 is 24.0 Å². The summed E-state index contributed by atoms with van der Waals surface area (Å²) in [4.78, 5) is 0. The Morgan fingerprint density at radius 3 is 2.21 bits per heavy atom. The number of quaternary nitrogens is 1. The summed E-state index contributed by atoms with van der Waals surface area (Å²) < 4.78 is 2.03. The maximum atomic E-state index is 5.52. The van der Waals surface area contributed by atoms with Crippen molar-refractivity contribution in [3.8, 4) is 0 Å². The summed E-state index contributed by atoms with van der Waals surface area (Å²) in [6.07, 6.45) is 2.55. The summed E-state index contributed by atoms with van der Waals surface area (Å²) in [5.74, 6) is 0.933. The standard InChI is InChI=1S/C21H28NS2/c1-4-5-15-22(2,3)16-18-11-13-19(14-12-18)17-24-21(23)20-9-7-6-8-10-20/h6-14H,4-5,15-17H2,1-3H3/q+1. The van der Waals surface area contributed by atoms with E-state index in [2.05, 4.69) is 57.4 Å². The van der Waals surface area contributed by atoms with Crippen molar-refractivity contribution in [2.24, 2.45) is 0 Å². The summed E-state index contributed by atoms with van der Waals surface area (Å²) in [5, 5.41) is 0. The second kappa shape index (κ2) is 9.36. The molecule has 0 aliphatic heterocycles. The SMILES string of the molecule is CCCC[N+](C)(C)Cc1ccc(CSC(=S)c2ccccc2)cc1. The van der Waals surface area contributed by atoms with E-state index in [0.717, 1.165) is 26.5 Å². The van der Waals surface area contributed by atoms with E-state index in [1.165, 1.54) is 30.5 Å². The first-order chi connectivity index (χ1) is 11.5. The van der Waals surface area contributed by atoms with Gasteiger partial charge in [0.25, 0.3) is 0 Å². The van der Waals surface area contributed by atoms with Gasteiger partial charge in [-0.2, -0.15) is 0 Å². The lowest BCUT2D eigenvalue weighted by Crippen LogP contribution is -2.39. The van der Waals surface area contributed by atoms with Gasteiger partial charge in [-0.05, 0) is 17.5 Å². The van der Waals surface area contributed by atoms with E-state index >= 15 is 0 Å². The minimum absolute atomic E-state index is 0.933. The van der Waals surface area contributed by atoms with Crippen LogP contribution < -0.4 is 0 Å². The molecule has 0 amide bonds. The summed E-state index contributed by atoms with van der Waals surface area (Å²) in [6, 6.07) is 19.3. The van der Waals surface area contributed by atoms with Crippen molar-refractivity contribution in [2.45, 2.75) is 32.1 Å². The third kappa shape index (κ3) is 6.39. The van der Waals surface area contributed by atoms with E-state index in [9.17, 15) is 0 Å². The van der Waals surface area contributed by atoms with Crippen LogP contribution in [0.5, 0.6) is 0 Å².